The van der Waals surface area contributed by atoms with Crippen LogP contribution in [0.2, 0.25) is 0 Å². The second kappa shape index (κ2) is 6.58. The summed E-state index contributed by atoms with van der Waals surface area (Å²) in [6.07, 6.45) is 0. The number of amides is 1. The summed E-state index contributed by atoms with van der Waals surface area (Å²) in [5.41, 5.74) is 1.82. The van der Waals surface area contributed by atoms with Crippen molar-refractivity contribution in [2.45, 2.75) is 13.5 Å². The fourth-order valence-corrected chi connectivity index (χ4v) is 2.64. The minimum absolute atomic E-state index is 0.119. The molecule has 0 spiro atoms. The van der Waals surface area contributed by atoms with Gasteiger partial charge in [0, 0.05) is 29.1 Å². The van der Waals surface area contributed by atoms with E-state index < -0.39 is 0 Å². The molecule has 0 aliphatic carbocycles. The summed E-state index contributed by atoms with van der Waals surface area (Å²) in [5, 5.41) is 0.862. The summed E-state index contributed by atoms with van der Waals surface area (Å²) in [6.45, 7) is 1.70. The Morgan fingerprint density at radius 3 is 2.54 bits per heavy atom. The Kier molecular flexibility index (Phi) is 4.33. The number of methoxy groups -OCH3 is 1. The number of benzene rings is 2. The minimum Gasteiger partial charge on any atom is -0.497 e. The molecule has 0 atom stereocenters. The lowest BCUT2D eigenvalue weighted by molar-refractivity contribution is -0.116. The van der Waals surface area contributed by atoms with E-state index in [1.54, 1.807) is 30.2 Å². The van der Waals surface area contributed by atoms with Crippen LogP contribution in [0.5, 0.6) is 5.75 Å². The van der Waals surface area contributed by atoms with Gasteiger partial charge >= 0.3 is 0 Å². The highest BCUT2D eigenvalue weighted by Crippen LogP contribution is 2.21. The fourth-order valence-electron chi connectivity index (χ4n) is 2.64. The van der Waals surface area contributed by atoms with E-state index in [9.17, 15) is 9.59 Å². The van der Waals surface area contributed by atoms with Crippen LogP contribution in [-0.4, -0.2) is 18.0 Å². The number of pyridine rings is 1. The Labute approximate surface area is 139 Å². The van der Waals surface area contributed by atoms with E-state index in [-0.39, 0.29) is 18.0 Å². The van der Waals surface area contributed by atoms with Crippen molar-refractivity contribution >= 4 is 22.5 Å². The van der Waals surface area contributed by atoms with Gasteiger partial charge in [-0.15, -0.1) is 0 Å². The van der Waals surface area contributed by atoms with E-state index >= 15 is 0 Å². The maximum absolute atomic E-state index is 12.4. The molecule has 0 bridgehead atoms. The molecular formula is C19H18N2O3. The zero-order valence-corrected chi connectivity index (χ0v) is 13.6. The van der Waals surface area contributed by atoms with Gasteiger partial charge < -0.3 is 14.6 Å². The van der Waals surface area contributed by atoms with E-state index in [4.69, 9.17) is 4.74 Å². The number of rotatable bonds is 4. The molecule has 0 saturated heterocycles. The Hall–Kier alpha value is -3.08. The summed E-state index contributed by atoms with van der Waals surface area (Å²) in [4.78, 5) is 28.8. The predicted molar refractivity (Wildman–Crippen MR) is 94.4 cm³/mol. The molecule has 1 aromatic heterocycles. The number of ether oxygens (including phenoxy) is 1. The molecule has 122 valence electrons. The van der Waals surface area contributed by atoms with Crippen LogP contribution in [0.1, 0.15) is 12.5 Å². The molecule has 0 aliphatic heterocycles. The van der Waals surface area contributed by atoms with Crippen LogP contribution in [0.4, 0.5) is 5.69 Å². The predicted octanol–water partition coefficient (Wildman–Crippen LogP) is 3.09. The molecule has 0 unspecified atom stereocenters. The Morgan fingerprint density at radius 1 is 1.12 bits per heavy atom. The van der Waals surface area contributed by atoms with E-state index in [1.165, 1.54) is 6.92 Å². The molecule has 0 radical (unpaired) electrons. The number of carbonyl (C=O) groups is 1. The van der Waals surface area contributed by atoms with E-state index in [0.717, 1.165) is 16.6 Å². The van der Waals surface area contributed by atoms with Gasteiger partial charge in [-0.2, -0.15) is 0 Å². The van der Waals surface area contributed by atoms with Crippen LogP contribution < -0.4 is 15.2 Å². The Balaban J connectivity index is 2.02. The van der Waals surface area contributed by atoms with Crippen molar-refractivity contribution in [2.24, 2.45) is 0 Å². The van der Waals surface area contributed by atoms with Gasteiger partial charge in [-0.3, -0.25) is 9.59 Å². The van der Waals surface area contributed by atoms with Crippen molar-refractivity contribution in [3.8, 4) is 5.75 Å². The number of hydrogen-bond acceptors (Lipinski definition) is 3. The van der Waals surface area contributed by atoms with Gasteiger partial charge in [-0.05, 0) is 36.4 Å². The van der Waals surface area contributed by atoms with E-state index in [2.05, 4.69) is 4.98 Å². The van der Waals surface area contributed by atoms with Crippen LogP contribution in [0, 0.1) is 0 Å². The number of anilines is 1. The number of H-pyrrole nitrogens is 1. The van der Waals surface area contributed by atoms with Crippen LogP contribution in [0.15, 0.2) is 59.4 Å². The van der Waals surface area contributed by atoms with Gasteiger partial charge in [-0.1, -0.05) is 18.2 Å². The molecule has 2 aromatic carbocycles. The first-order valence-electron chi connectivity index (χ1n) is 7.61. The molecule has 0 saturated carbocycles. The molecule has 3 rings (SSSR count). The third-order valence-electron chi connectivity index (χ3n) is 3.90. The normalized spacial score (nSPS) is 10.6. The Morgan fingerprint density at radius 2 is 1.88 bits per heavy atom. The van der Waals surface area contributed by atoms with Crippen molar-refractivity contribution in [3.63, 3.8) is 0 Å². The van der Waals surface area contributed by atoms with Gasteiger partial charge in [-0.25, -0.2) is 0 Å². The first-order valence-corrected chi connectivity index (χ1v) is 7.61. The van der Waals surface area contributed by atoms with Crippen LogP contribution in [0.3, 0.4) is 0 Å². The molecular weight excluding hydrogens is 304 g/mol. The quantitative estimate of drug-likeness (QED) is 0.803. The number of fused-ring (bicyclic) bond motifs is 1. The second-order valence-electron chi connectivity index (χ2n) is 5.52. The molecule has 0 fully saturated rings. The largest absolute Gasteiger partial charge is 0.497 e. The van der Waals surface area contributed by atoms with Crippen molar-refractivity contribution in [2.75, 3.05) is 12.0 Å². The Bertz CT molecular complexity index is 932. The van der Waals surface area contributed by atoms with Crippen LogP contribution in [0.25, 0.3) is 10.9 Å². The molecule has 5 nitrogen and oxygen atoms in total. The monoisotopic (exact) mass is 322 g/mol. The highest BCUT2D eigenvalue weighted by molar-refractivity contribution is 5.91. The fraction of sp³-hybridized carbons (Fsp3) is 0.158. The van der Waals surface area contributed by atoms with Gasteiger partial charge in [0.25, 0.3) is 5.56 Å². The molecule has 1 heterocycles. The van der Waals surface area contributed by atoms with E-state index in [1.807, 2.05) is 36.4 Å². The standard InChI is InChI=1S/C19H18N2O3/c1-13(22)21(16-6-4-3-5-7-16)12-15-10-14-11-17(24-2)8-9-18(14)20-19(15)23/h3-11H,12H2,1-2H3,(H,20,23). The summed E-state index contributed by atoms with van der Waals surface area (Å²) in [7, 11) is 1.60. The maximum Gasteiger partial charge on any atom is 0.253 e. The van der Waals surface area contributed by atoms with E-state index in [0.29, 0.717) is 11.3 Å². The van der Waals surface area contributed by atoms with Crippen LogP contribution in [-0.2, 0) is 11.3 Å². The van der Waals surface area contributed by atoms with Crippen molar-refractivity contribution < 1.29 is 9.53 Å². The third kappa shape index (κ3) is 3.15. The lowest BCUT2D eigenvalue weighted by atomic mass is 10.1. The van der Waals surface area contributed by atoms with Crippen molar-refractivity contribution in [1.29, 1.82) is 0 Å². The van der Waals surface area contributed by atoms with Gasteiger partial charge in [0.05, 0.1) is 13.7 Å². The molecule has 24 heavy (non-hydrogen) atoms. The zero-order chi connectivity index (χ0) is 17.1. The average Bonchev–Trinajstić information content (AvgIpc) is 2.60. The first-order chi connectivity index (χ1) is 11.6. The lowest BCUT2D eigenvalue weighted by Crippen LogP contribution is -2.30. The highest BCUT2D eigenvalue weighted by Gasteiger charge is 2.14. The summed E-state index contributed by atoms with van der Waals surface area (Å²) >= 11 is 0. The van der Waals surface area contributed by atoms with Crippen LogP contribution >= 0.6 is 0 Å². The number of nitrogens with one attached hydrogen (secondary N) is 1. The topological polar surface area (TPSA) is 62.4 Å². The zero-order valence-electron chi connectivity index (χ0n) is 13.6. The number of carbonyl (C=O) groups excluding carboxylic acids is 1. The average molecular weight is 322 g/mol. The smallest absolute Gasteiger partial charge is 0.253 e. The molecule has 1 N–H and O–H groups in total. The number of aromatic nitrogens is 1. The maximum atomic E-state index is 12.4. The first kappa shape index (κ1) is 15.8. The summed E-state index contributed by atoms with van der Waals surface area (Å²) in [5.74, 6) is 0.596. The highest BCUT2D eigenvalue weighted by atomic mass is 16.5. The molecule has 1 amide bonds. The number of hydrogen-bond donors (Lipinski definition) is 1. The SMILES string of the molecule is COc1ccc2[nH]c(=O)c(CN(C(C)=O)c3ccccc3)cc2c1. The lowest BCUT2D eigenvalue weighted by Gasteiger charge is -2.21. The minimum atomic E-state index is -0.199. The summed E-state index contributed by atoms with van der Waals surface area (Å²) in [6, 6.07) is 16.6. The van der Waals surface area contributed by atoms with Crippen molar-refractivity contribution in [3.05, 3.63) is 70.5 Å². The second-order valence-corrected chi connectivity index (χ2v) is 5.52. The number of para-hydroxylation sites is 1. The molecule has 3 aromatic rings. The van der Waals surface area contributed by atoms with Gasteiger partial charge in [0.2, 0.25) is 5.91 Å². The molecule has 5 heteroatoms. The summed E-state index contributed by atoms with van der Waals surface area (Å²) < 4.78 is 5.22. The number of nitrogens with zero attached hydrogens (tertiary/aromatic N) is 1. The van der Waals surface area contributed by atoms with Crippen molar-refractivity contribution in [1.82, 2.24) is 4.98 Å². The third-order valence-corrected chi connectivity index (χ3v) is 3.90. The molecule has 0 aliphatic rings. The van der Waals surface area contributed by atoms with Gasteiger partial charge in [0.15, 0.2) is 0 Å². The number of aromatic amines is 1. The van der Waals surface area contributed by atoms with Gasteiger partial charge in [0.1, 0.15) is 5.75 Å².